The van der Waals surface area contributed by atoms with Gasteiger partial charge in [-0.15, -0.1) is 0 Å². The van der Waals surface area contributed by atoms with Crippen molar-refractivity contribution in [2.45, 2.75) is 45.1 Å². The highest BCUT2D eigenvalue weighted by molar-refractivity contribution is 5.83. The highest BCUT2D eigenvalue weighted by Gasteiger charge is 2.54. The summed E-state index contributed by atoms with van der Waals surface area (Å²) >= 11 is 0. The molecule has 1 aromatic rings. The highest BCUT2D eigenvalue weighted by atomic mass is 16.2. The summed E-state index contributed by atoms with van der Waals surface area (Å²) < 4.78 is 1.54. The molecule has 118 valence electrons. The molecule has 4 bridgehead atoms. The Kier molecular flexibility index (Phi) is 3.31. The maximum Gasteiger partial charge on any atom is 0.253 e. The molecule has 1 N–H and O–H groups in total. The van der Waals surface area contributed by atoms with E-state index < -0.39 is 0 Å². The summed E-state index contributed by atoms with van der Waals surface area (Å²) in [6, 6.07) is 1.45. The third-order valence-electron chi connectivity index (χ3n) is 5.95. The summed E-state index contributed by atoms with van der Waals surface area (Å²) in [5.74, 6) is 2.55. The van der Waals surface area contributed by atoms with Gasteiger partial charge in [-0.25, -0.2) is 4.98 Å². The van der Waals surface area contributed by atoms with E-state index in [4.69, 9.17) is 0 Å². The molecule has 4 fully saturated rings. The fraction of sp³-hybridized carbons (Fsp3) is 0.706. The van der Waals surface area contributed by atoms with Gasteiger partial charge in [-0.3, -0.25) is 14.2 Å². The molecule has 0 unspecified atom stereocenters. The van der Waals surface area contributed by atoms with E-state index in [2.05, 4.69) is 10.3 Å². The van der Waals surface area contributed by atoms with Crippen molar-refractivity contribution in [2.24, 2.45) is 23.2 Å². The number of amides is 1. The molecular formula is C17H23N3O2. The number of carbonyl (C=O) groups excluding carboxylic acids is 1. The Morgan fingerprint density at radius 3 is 2.45 bits per heavy atom. The van der Waals surface area contributed by atoms with Gasteiger partial charge in [0, 0.05) is 30.8 Å². The van der Waals surface area contributed by atoms with Gasteiger partial charge in [0.2, 0.25) is 5.91 Å². The second-order valence-corrected chi connectivity index (χ2v) is 7.57. The molecule has 22 heavy (non-hydrogen) atoms. The molecule has 1 aromatic heterocycles. The quantitative estimate of drug-likeness (QED) is 0.918. The lowest BCUT2D eigenvalue weighted by atomic mass is 9.49. The Morgan fingerprint density at radius 1 is 1.23 bits per heavy atom. The van der Waals surface area contributed by atoms with Crippen LogP contribution in [0, 0.1) is 23.2 Å². The number of aromatic nitrogens is 2. The molecule has 0 aliphatic heterocycles. The maximum atomic E-state index is 12.8. The van der Waals surface area contributed by atoms with Gasteiger partial charge in [0.15, 0.2) is 0 Å². The molecule has 5 nitrogen and oxygen atoms in total. The van der Waals surface area contributed by atoms with Crippen LogP contribution in [0.4, 0.5) is 0 Å². The van der Waals surface area contributed by atoms with Crippen molar-refractivity contribution in [3.63, 3.8) is 0 Å². The number of carbonyl (C=O) groups is 1. The smallest absolute Gasteiger partial charge is 0.253 e. The van der Waals surface area contributed by atoms with Crippen molar-refractivity contribution in [1.82, 2.24) is 14.9 Å². The zero-order chi connectivity index (χ0) is 15.2. The molecule has 0 saturated heterocycles. The van der Waals surface area contributed by atoms with Gasteiger partial charge < -0.3 is 5.32 Å². The zero-order valence-electron chi connectivity index (χ0n) is 12.8. The van der Waals surface area contributed by atoms with Crippen molar-refractivity contribution in [1.29, 1.82) is 0 Å². The predicted molar refractivity (Wildman–Crippen MR) is 82.1 cm³/mol. The third kappa shape index (κ3) is 2.36. The van der Waals surface area contributed by atoms with Crippen LogP contribution in [0.2, 0.25) is 0 Å². The van der Waals surface area contributed by atoms with Gasteiger partial charge >= 0.3 is 0 Å². The van der Waals surface area contributed by atoms with E-state index in [1.165, 1.54) is 37.9 Å². The van der Waals surface area contributed by atoms with Crippen LogP contribution in [-0.4, -0.2) is 22.0 Å². The molecule has 0 aromatic carbocycles. The zero-order valence-corrected chi connectivity index (χ0v) is 12.8. The summed E-state index contributed by atoms with van der Waals surface area (Å²) in [5, 5.41) is 3.09. The van der Waals surface area contributed by atoms with Gasteiger partial charge in [0.1, 0.15) is 0 Å². The van der Waals surface area contributed by atoms with E-state index >= 15 is 0 Å². The van der Waals surface area contributed by atoms with Crippen LogP contribution in [0.3, 0.4) is 0 Å². The van der Waals surface area contributed by atoms with Gasteiger partial charge in [0.25, 0.3) is 5.56 Å². The van der Waals surface area contributed by atoms with Crippen LogP contribution in [0.1, 0.15) is 38.5 Å². The van der Waals surface area contributed by atoms with Gasteiger partial charge in [-0.05, 0) is 56.3 Å². The van der Waals surface area contributed by atoms with Crippen molar-refractivity contribution in [3.05, 3.63) is 28.9 Å². The first-order valence-corrected chi connectivity index (χ1v) is 8.43. The molecule has 4 saturated carbocycles. The molecule has 0 spiro atoms. The SMILES string of the molecule is O=C(NCCn1cnccc1=O)C12CC3CC(CC(C3)C1)C2. The Bertz CT molecular complexity index is 602. The Hall–Kier alpha value is -1.65. The number of nitrogens with one attached hydrogen (secondary N) is 1. The lowest BCUT2D eigenvalue weighted by Gasteiger charge is -2.55. The van der Waals surface area contributed by atoms with Gasteiger partial charge in [-0.2, -0.15) is 0 Å². The fourth-order valence-electron chi connectivity index (χ4n) is 5.41. The molecule has 1 amide bonds. The Balaban J connectivity index is 1.38. The van der Waals surface area contributed by atoms with Crippen molar-refractivity contribution >= 4 is 5.91 Å². The lowest BCUT2D eigenvalue weighted by Crippen LogP contribution is -2.54. The van der Waals surface area contributed by atoms with Crippen LogP contribution >= 0.6 is 0 Å². The fourth-order valence-corrected chi connectivity index (χ4v) is 5.41. The van der Waals surface area contributed by atoms with Crippen LogP contribution in [0.15, 0.2) is 23.4 Å². The van der Waals surface area contributed by atoms with Crippen LogP contribution in [-0.2, 0) is 11.3 Å². The highest BCUT2D eigenvalue weighted by Crippen LogP contribution is 2.60. The first kappa shape index (κ1) is 14.0. The molecule has 4 aliphatic carbocycles. The topological polar surface area (TPSA) is 64.0 Å². The minimum absolute atomic E-state index is 0.0703. The van der Waals surface area contributed by atoms with Crippen molar-refractivity contribution < 1.29 is 4.79 Å². The van der Waals surface area contributed by atoms with E-state index in [9.17, 15) is 9.59 Å². The van der Waals surface area contributed by atoms with Crippen molar-refractivity contribution in [2.75, 3.05) is 6.54 Å². The average Bonchev–Trinajstić information content (AvgIpc) is 2.47. The minimum atomic E-state index is -0.103. The standard InChI is InChI=1S/C17H23N3O2/c21-15-1-2-18-11-20(15)4-3-19-16(22)17-8-12-5-13(9-17)7-14(6-12)10-17/h1-2,11-14H,3-10H2,(H,19,22). The molecule has 5 rings (SSSR count). The summed E-state index contributed by atoms with van der Waals surface area (Å²) in [6.07, 6.45) is 10.3. The van der Waals surface area contributed by atoms with E-state index in [-0.39, 0.29) is 16.9 Å². The maximum absolute atomic E-state index is 12.8. The number of rotatable bonds is 4. The average molecular weight is 301 g/mol. The largest absolute Gasteiger partial charge is 0.354 e. The number of hydrogen-bond donors (Lipinski definition) is 1. The summed E-state index contributed by atoms with van der Waals surface area (Å²) in [7, 11) is 0. The second kappa shape index (κ2) is 5.21. The van der Waals surface area contributed by atoms with E-state index in [1.807, 2.05) is 0 Å². The monoisotopic (exact) mass is 301 g/mol. The Morgan fingerprint density at radius 2 is 1.86 bits per heavy atom. The number of nitrogens with zero attached hydrogens (tertiary/aromatic N) is 2. The van der Waals surface area contributed by atoms with Crippen LogP contribution < -0.4 is 10.9 Å². The lowest BCUT2D eigenvalue weighted by molar-refractivity contribution is -0.146. The van der Waals surface area contributed by atoms with E-state index in [0.717, 1.165) is 37.0 Å². The predicted octanol–water partition coefficient (Wildman–Crippen LogP) is 1.58. The molecule has 0 radical (unpaired) electrons. The molecule has 5 heteroatoms. The van der Waals surface area contributed by atoms with Gasteiger partial charge in [-0.1, -0.05) is 0 Å². The van der Waals surface area contributed by atoms with E-state index in [1.54, 1.807) is 4.57 Å². The molecule has 4 aliphatic rings. The van der Waals surface area contributed by atoms with Gasteiger partial charge in [0.05, 0.1) is 6.33 Å². The van der Waals surface area contributed by atoms with Crippen molar-refractivity contribution in [3.8, 4) is 0 Å². The first-order valence-electron chi connectivity index (χ1n) is 8.43. The Labute approximate surface area is 130 Å². The van der Waals surface area contributed by atoms with Crippen LogP contribution in [0.5, 0.6) is 0 Å². The molecular weight excluding hydrogens is 278 g/mol. The summed E-state index contributed by atoms with van der Waals surface area (Å²) in [4.78, 5) is 28.3. The molecule has 1 heterocycles. The summed E-state index contributed by atoms with van der Waals surface area (Å²) in [5.41, 5.74) is -0.173. The number of hydrogen-bond acceptors (Lipinski definition) is 3. The minimum Gasteiger partial charge on any atom is -0.354 e. The van der Waals surface area contributed by atoms with Crippen LogP contribution in [0.25, 0.3) is 0 Å². The second-order valence-electron chi connectivity index (χ2n) is 7.57. The summed E-state index contributed by atoms with van der Waals surface area (Å²) in [6.45, 7) is 0.997. The third-order valence-corrected chi connectivity index (χ3v) is 5.95. The van der Waals surface area contributed by atoms with E-state index in [0.29, 0.717) is 13.1 Å². The molecule has 0 atom stereocenters. The first-order chi connectivity index (χ1) is 10.6. The normalized spacial score (nSPS) is 35.5.